The largest absolute Gasteiger partial charge is 0.454 e. The fourth-order valence-corrected chi connectivity index (χ4v) is 3.81. The third-order valence-corrected chi connectivity index (χ3v) is 5.69. The van der Waals surface area contributed by atoms with E-state index in [0.717, 1.165) is 59.6 Å². The van der Waals surface area contributed by atoms with Gasteiger partial charge in [-0.2, -0.15) is 0 Å². The molecule has 3 heterocycles. The van der Waals surface area contributed by atoms with E-state index in [1.54, 1.807) is 0 Å². The summed E-state index contributed by atoms with van der Waals surface area (Å²) in [4.78, 5) is 14.3. The minimum absolute atomic E-state index is 0.184. The lowest BCUT2D eigenvalue weighted by Crippen LogP contribution is -2.38. The monoisotopic (exact) mass is 371 g/mol. The van der Waals surface area contributed by atoms with E-state index in [0.29, 0.717) is 5.75 Å². The van der Waals surface area contributed by atoms with Crippen LogP contribution in [-0.4, -0.2) is 46.6 Å². The molecule has 1 saturated heterocycles. The van der Waals surface area contributed by atoms with E-state index in [-0.39, 0.29) is 12.7 Å². The van der Waals surface area contributed by atoms with Gasteiger partial charge in [0.2, 0.25) is 12.7 Å². The van der Waals surface area contributed by atoms with Crippen LogP contribution in [0.5, 0.6) is 11.5 Å². The highest BCUT2D eigenvalue weighted by molar-refractivity contribution is 7.99. The average molecular weight is 371 g/mol. The maximum absolute atomic E-state index is 12.3. The third kappa shape index (κ3) is 3.77. The first-order valence-corrected chi connectivity index (χ1v) is 9.82. The van der Waals surface area contributed by atoms with Crippen molar-refractivity contribution in [1.29, 1.82) is 0 Å². The number of piperidine rings is 1. The number of hydrogen-bond donors (Lipinski definition) is 0. The van der Waals surface area contributed by atoms with Gasteiger partial charge in [-0.05, 0) is 49.1 Å². The van der Waals surface area contributed by atoms with Gasteiger partial charge in [-0.3, -0.25) is 4.79 Å². The summed E-state index contributed by atoms with van der Waals surface area (Å²) in [6, 6.07) is 9.54. The van der Waals surface area contributed by atoms with E-state index in [1.807, 2.05) is 35.2 Å². The van der Waals surface area contributed by atoms with Crippen LogP contribution < -0.4 is 9.47 Å². The van der Waals surface area contributed by atoms with Crippen LogP contribution in [0, 0.1) is 5.92 Å². The van der Waals surface area contributed by atoms with E-state index >= 15 is 0 Å². The maximum Gasteiger partial charge on any atom is 0.232 e. The summed E-state index contributed by atoms with van der Waals surface area (Å²) in [6.45, 7) is 4.24. The highest BCUT2D eigenvalue weighted by atomic mass is 32.2. The molecule has 0 aliphatic carbocycles. The van der Waals surface area contributed by atoms with Crippen molar-refractivity contribution in [3.05, 3.63) is 30.3 Å². The molecule has 0 unspecified atom stereocenters. The van der Waals surface area contributed by atoms with Gasteiger partial charge in [0.15, 0.2) is 11.5 Å². The van der Waals surface area contributed by atoms with Crippen LogP contribution in [0.3, 0.4) is 0 Å². The van der Waals surface area contributed by atoms with Crippen LogP contribution in [-0.2, 0) is 4.79 Å². The number of amides is 1. The summed E-state index contributed by atoms with van der Waals surface area (Å²) < 4.78 is 10.7. The number of benzene rings is 1. The Kier molecular flexibility index (Phi) is 4.97. The first kappa shape index (κ1) is 17.1. The standard InChI is InChI=1S/C19H21N3O3S/c1-13-6-8-22(9-7-13)19(23)11-26-18-5-3-15(20-21-18)14-2-4-16-17(10-14)25-12-24-16/h2-5,10,13H,6-9,11-12H2,1H3. The van der Waals surface area contributed by atoms with Crippen LogP contribution in [0.4, 0.5) is 0 Å². The van der Waals surface area contributed by atoms with Crippen LogP contribution in [0.2, 0.25) is 0 Å². The van der Waals surface area contributed by atoms with Gasteiger partial charge in [-0.25, -0.2) is 0 Å². The van der Waals surface area contributed by atoms with E-state index in [2.05, 4.69) is 17.1 Å². The molecule has 26 heavy (non-hydrogen) atoms. The van der Waals surface area contributed by atoms with E-state index < -0.39 is 0 Å². The number of fused-ring (bicyclic) bond motifs is 1. The zero-order chi connectivity index (χ0) is 17.9. The van der Waals surface area contributed by atoms with E-state index in [1.165, 1.54) is 11.8 Å². The molecule has 0 radical (unpaired) electrons. The Morgan fingerprint density at radius 3 is 2.73 bits per heavy atom. The van der Waals surface area contributed by atoms with E-state index in [4.69, 9.17) is 9.47 Å². The molecule has 0 atom stereocenters. The Bertz CT molecular complexity index is 789. The zero-order valence-electron chi connectivity index (χ0n) is 14.7. The summed E-state index contributed by atoms with van der Waals surface area (Å²) in [5, 5.41) is 9.29. The highest BCUT2D eigenvalue weighted by Crippen LogP contribution is 2.35. The highest BCUT2D eigenvalue weighted by Gasteiger charge is 2.20. The molecular weight excluding hydrogens is 350 g/mol. The van der Waals surface area contributed by atoms with E-state index in [9.17, 15) is 4.79 Å². The molecule has 2 aliphatic heterocycles. The van der Waals surface area contributed by atoms with Crippen molar-refractivity contribution in [2.75, 3.05) is 25.6 Å². The molecule has 0 bridgehead atoms. The molecule has 1 amide bonds. The molecule has 4 rings (SSSR count). The summed E-state index contributed by atoms with van der Waals surface area (Å²) in [7, 11) is 0. The smallest absolute Gasteiger partial charge is 0.232 e. The minimum Gasteiger partial charge on any atom is -0.454 e. The SMILES string of the molecule is CC1CCN(C(=O)CSc2ccc(-c3ccc4c(c3)OCO4)nn2)CC1. The molecule has 2 aromatic rings. The second kappa shape index (κ2) is 7.53. The zero-order valence-corrected chi connectivity index (χ0v) is 15.5. The molecule has 136 valence electrons. The van der Waals surface area contributed by atoms with Crippen LogP contribution in [0.15, 0.2) is 35.4 Å². The Morgan fingerprint density at radius 1 is 1.15 bits per heavy atom. The lowest BCUT2D eigenvalue weighted by Gasteiger charge is -2.30. The van der Waals surface area contributed by atoms with Crippen LogP contribution in [0.25, 0.3) is 11.3 Å². The van der Waals surface area contributed by atoms with Gasteiger partial charge < -0.3 is 14.4 Å². The van der Waals surface area contributed by atoms with Gasteiger partial charge in [0.25, 0.3) is 0 Å². The third-order valence-electron chi connectivity index (χ3n) is 4.79. The van der Waals surface area contributed by atoms with Crippen molar-refractivity contribution in [2.24, 2.45) is 5.92 Å². The fraction of sp³-hybridized carbons (Fsp3) is 0.421. The number of carbonyl (C=O) groups is 1. The molecule has 7 heteroatoms. The summed E-state index contributed by atoms with van der Waals surface area (Å²) >= 11 is 1.44. The van der Waals surface area contributed by atoms with Crippen molar-refractivity contribution in [1.82, 2.24) is 15.1 Å². The Hall–Kier alpha value is -2.28. The second-order valence-electron chi connectivity index (χ2n) is 6.68. The molecule has 1 aromatic carbocycles. The Morgan fingerprint density at radius 2 is 1.96 bits per heavy atom. The Balaban J connectivity index is 1.35. The molecule has 1 aromatic heterocycles. The van der Waals surface area contributed by atoms with Crippen molar-refractivity contribution < 1.29 is 14.3 Å². The predicted octanol–water partition coefficient (Wildman–Crippen LogP) is 3.22. The molecule has 0 N–H and O–H groups in total. The topological polar surface area (TPSA) is 64.6 Å². The van der Waals surface area contributed by atoms with Gasteiger partial charge >= 0.3 is 0 Å². The van der Waals surface area contributed by atoms with Crippen molar-refractivity contribution in [3.8, 4) is 22.8 Å². The number of aromatic nitrogens is 2. The summed E-state index contributed by atoms with van der Waals surface area (Å²) in [6.07, 6.45) is 2.20. The van der Waals surface area contributed by atoms with Gasteiger partial charge in [0.05, 0.1) is 11.4 Å². The normalized spacial score (nSPS) is 16.7. The lowest BCUT2D eigenvalue weighted by molar-refractivity contribution is -0.129. The summed E-state index contributed by atoms with van der Waals surface area (Å²) in [5.41, 5.74) is 1.70. The van der Waals surface area contributed by atoms with Gasteiger partial charge in [0.1, 0.15) is 5.03 Å². The number of nitrogens with zero attached hydrogens (tertiary/aromatic N) is 3. The molecule has 6 nitrogen and oxygen atoms in total. The second-order valence-corrected chi connectivity index (χ2v) is 7.67. The first-order chi connectivity index (χ1) is 12.7. The van der Waals surface area contributed by atoms with Gasteiger partial charge in [-0.1, -0.05) is 18.7 Å². The lowest BCUT2D eigenvalue weighted by atomic mass is 9.99. The van der Waals surface area contributed by atoms with Gasteiger partial charge in [0, 0.05) is 18.7 Å². The van der Waals surface area contributed by atoms with Gasteiger partial charge in [-0.15, -0.1) is 10.2 Å². The molecule has 1 fully saturated rings. The fourth-order valence-electron chi connectivity index (χ4n) is 3.09. The molecule has 0 saturated carbocycles. The number of likely N-dealkylation sites (tertiary alicyclic amines) is 1. The summed E-state index contributed by atoms with van der Waals surface area (Å²) in [5.74, 6) is 2.79. The Labute approximate surface area is 156 Å². The maximum atomic E-state index is 12.3. The first-order valence-electron chi connectivity index (χ1n) is 8.83. The van der Waals surface area contributed by atoms with Crippen molar-refractivity contribution in [3.63, 3.8) is 0 Å². The molecular formula is C19H21N3O3S. The van der Waals surface area contributed by atoms with Crippen molar-refractivity contribution >= 4 is 17.7 Å². The minimum atomic E-state index is 0.184. The van der Waals surface area contributed by atoms with Crippen LogP contribution in [0.1, 0.15) is 19.8 Å². The number of thioether (sulfide) groups is 1. The quantitative estimate of drug-likeness (QED) is 0.769. The molecule has 0 spiro atoms. The number of carbonyl (C=O) groups excluding carboxylic acids is 1. The van der Waals surface area contributed by atoms with Crippen LogP contribution >= 0.6 is 11.8 Å². The number of hydrogen-bond acceptors (Lipinski definition) is 6. The number of rotatable bonds is 4. The predicted molar refractivity (Wildman–Crippen MR) is 99.3 cm³/mol. The number of ether oxygens (including phenoxy) is 2. The van der Waals surface area contributed by atoms with Crippen molar-refractivity contribution in [2.45, 2.75) is 24.8 Å². The average Bonchev–Trinajstić information content (AvgIpc) is 3.15. The molecule has 2 aliphatic rings.